The first-order chi connectivity index (χ1) is 17.2. The number of pyridine rings is 1. The fourth-order valence-corrected chi connectivity index (χ4v) is 6.65. The minimum Gasteiger partial charge on any atom is -0.444 e. The summed E-state index contributed by atoms with van der Waals surface area (Å²) in [5.74, 6) is 0.897. The first-order valence-corrected chi connectivity index (χ1v) is 13.7. The van der Waals surface area contributed by atoms with Crippen LogP contribution in [0.2, 0.25) is 5.02 Å². The van der Waals surface area contributed by atoms with Crippen molar-refractivity contribution in [3.8, 4) is 0 Å². The average molecular weight is 529 g/mol. The van der Waals surface area contributed by atoms with E-state index in [0.29, 0.717) is 5.02 Å². The van der Waals surface area contributed by atoms with Crippen molar-refractivity contribution in [2.75, 3.05) is 18.0 Å². The van der Waals surface area contributed by atoms with Crippen molar-refractivity contribution < 1.29 is 9.53 Å². The van der Waals surface area contributed by atoms with Crippen LogP contribution in [0.5, 0.6) is 0 Å². The molecular formula is C26H33ClN6O2S. The number of amides is 1. The van der Waals surface area contributed by atoms with Gasteiger partial charge in [-0.15, -0.1) is 0 Å². The number of imidazole rings is 1. The summed E-state index contributed by atoms with van der Waals surface area (Å²) in [6.07, 6.45) is 12.4. The molecule has 1 N–H and O–H groups in total. The number of nitrogens with zero attached hydrogens (tertiary/aromatic N) is 5. The van der Waals surface area contributed by atoms with Crippen LogP contribution in [0.4, 0.5) is 10.7 Å². The minimum absolute atomic E-state index is 0.118. The number of fused-ring (bicyclic) bond motifs is 1. The van der Waals surface area contributed by atoms with Crippen LogP contribution in [0.1, 0.15) is 58.6 Å². The molecular weight excluding hydrogens is 496 g/mol. The predicted molar refractivity (Wildman–Crippen MR) is 142 cm³/mol. The molecule has 1 spiro atoms. The van der Waals surface area contributed by atoms with E-state index in [1.807, 2.05) is 52.4 Å². The number of nitrogens with one attached hydrogen (secondary N) is 1. The lowest BCUT2D eigenvalue weighted by atomic mass is 9.74. The molecule has 1 amide bonds. The van der Waals surface area contributed by atoms with Gasteiger partial charge in [-0.2, -0.15) is 0 Å². The Morgan fingerprint density at radius 3 is 2.69 bits per heavy atom. The van der Waals surface area contributed by atoms with E-state index < -0.39 is 5.60 Å². The molecule has 1 atom stereocenters. The summed E-state index contributed by atoms with van der Waals surface area (Å²) < 4.78 is 7.60. The summed E-state index contributed by atoms with van der Waals surface area (Å²) in [6, 6.07) is 2.07. The first kappa shape index (κ1) is 25.1. The molecule has 0 unspecified atom stereocenters. The summed E-state index contributed by atoms with van der Waals surface area (Å²) in [5.41, 5.74) is 1.29. The Bertz CT molecular complexity index is 1270. The minimum atomic E-state index is -0.493. The number of ether oxygens (including phenoxy) is 1. The lowest BCUT2D eigenvalue weighted by Crippen LogP contribution is -2.51. The molecule has 0 bridgehead atoms. The van der Waals surface area contributed by atoms with Gasteiger partial charge in [0.2, 0.25) is 5.95 Å². The van der Waals surface area contributed by atoms with E-state index in [-0.39, 0.29) is 17.6 Å². The van der Waals surface area contributed by atoms with Crippen molar-refractivity contribution in [3.63, 3.8) is 0 Å². The second-order valence-corrected chi connectivity index (χ2v) is 12.3. The van der Waals surface area contributed by atoms with Gasteiger partial charge in [-0.25, -0.2) is 14.8 Å². The monoisotopic (exact) mass is 528 g/mol. The molecule has 0 radical (unpaired) electrons. The molecule has 8 nitrogen and oxygen atoms in total. The van der Waals surface area contributed by atoms with Crippen molar-refractivity contribution in [1.82, 2.24) is 24.7 Å². The van der Waals surface area contributed by atoms with Gasteiger partial charge in [0.25, 0.3) is 0 Å². The van der Waals surface area contributed by atoms with Crippen LogP contribution in [0, 0.1) is 12.3 Å². The van der Waals surface area contributed by atoms with Gasteiger partial charge in [0.15, 0.2) is 5.65 Å². The zero-order chi connectivity index (χ0) is 25.5. The molecule has 36 heavy (non-hydrogen) atoms. The molecule has 2 fully saturated rings. The topological polar surface area (TPSA) is 84.7 Å². The second kappa shape index (κ2) is 9.74. The van der Waals surface area contributed by atoms with Crippen LogP contribution in [0.25, 0.3) is 5.65 Å². The molecule has 1 aliphatic carbocycles. The Hall–Kier alpha value is -2.52. The maximum Gasteiger partial charge on any atom is 0.407 e. The molecule has 1 aliphatic heterocycles. The van der Waals surface area contributed by atoms with Crippen molar-refractivity contribution >= 4 is 41.1 Å². The summed E-state index contributed by atoms with van der Waals surface area (Å²) in [7, 11) is 0. The third-order valence-corrected chi connectivity index (χ3v) is 8.92. The van der Waals surface area contributed by atoms with Crippen molar-refractivity contribution in [3.05, 3.63) is 41.6 Å². The molecule has 3 aromatic rings. The number of carbonyl (C=O) groups is 1. The maximum atomic E-state index is 12.5. The SMILES string of the molecule is Cc1nccc(Sc2cnc(N3CCC4(CCC[C@H]4NC(=O)OC(C)(C)C)CC3)n3ccnc23)c1Cl. The van der Waals surface area contributed by atoms with Gasteiger partial charge in [-0.3, -0.25) is 9.38 Å². The Kier molecular flexibility index (Phi) is 6.80. The fourth-order valence-electron chi connectivity index (χ4n) is 5.48. The highest BCUT2D eigenvalue weighted by atomic mass is 35.5. The standard InChI is InChI=1S/C26H33ClN6O2S/c1-17-21(27)18(7-11-28-17)36-19-16-30-23(33-15-12-29-22(19)33)32-13-9-26(10-14-32)8-5-6-20(26)31-24(34)35-25(2,3)4/h7,11-12,15-16,20H,5-6,8-10,13-14H2,1-4H3,(H,31,34)/t20-/m1/s1. The summed E-state index contributed by atoms with van der Waals surface area (Å²) in [5, 5.41) is 3.84. The highest BCUT2D eigenvalue weighted by molar-refractivity contribution is 7.99. The zero-order valence-corrected chi connectivity index (χ0v) is 22.8. The second-order valence-electron chi connectivity index (χ2n) is 10.8. The Morgan fingerprint density at radius 1 is 1.17 bits per heavy atom. The molecule has 192 valence electrons. The fraction of sp³-hybridized carbons (Fsp3) is 0.538. The van der Waals surface area contributed by atoms with Crippen molar-refractivity contribution in [2.45, 2.75) is 81.2 Å². The van der Waals surface area contributed by atoms with Crippen LogP contribution in [-0.4, -0.2) is 50.2 Å². The van der Waals surface area contributed by atoms with Crippen LogP contribution in [0.3, 0.4) is 0 Å². The molecule has 5 rings (SSSR count). The molecule has 4 heterocycles. The maximum absolute atomic E-state index is 12.5. The van der Waals surface area contributed by atoms with E-state index in [0.717, 1.165) is 72.3 Å². The molecule has 3 aromatic heterocycles. The summed E-state index contributed by atoms with van der Waals surface area (Å²) >= 11 is 8.04. The van der Waals surface area contributed by atoms with E-state index in [1.165, 1.54) is 0 Å². The van der Waals surface area contributed by atoms with E-state index in [2.05, 4.69) is 24.6 Å². The number of halogens is 1. The Balaban J connectivity index is 1.31. The number of hydrogen-bond donors (Lipinski definition) is 1. The van der Waals surface area contributed by atoms with Crippen molar-refractivity contribution in [2.24, 2.45) is 5.41 Å². The third kappa shape index (κ3) is 5.00. The largest absolute Gasteiger partial charge is 0.444 e. The van der Waals surface area contributed by atoms with E-state index in [4.69, 9.17) is 21.3 Å². The van der Waals surface area contributed by atoms with Gasteiger partial charge < -0.3 is 15.0 Å². The lowest BCUT2D eigenvalue weighted by Gasteiger charge is -2.43. The molecule has 1 saturated carbocycles. The van der Waals surface area contributed by atoms with E-state index >= 15 is 0 Å². The number of anilines is 1. The number of carbonyl (C=O) groups excluding carboxylic acids is 1. The predicted octanol–water partition coefficient (Wildman–Crippen LogP) is 5.90. The highest BCUT2D eigenvalue weighted by Gasteiger charge is 2.46. The number of hydrogen-bond acceptors (Lipinski definition) is 7. The number of aromatic nitrogens is 4. The van der Waals surface area contributed by atoms with E-state index in [1.54, 1.807) is 18.0 Å². The third-order valence-electron chi connectivity index (χ3n) is 7.26. The van der Waals surface area contributed by atoms with Crippen molar-refractivity contribution in [1.29, 1.82) is 0 Å². The van der Waals surface area contributed by atoms with Crippen LogP contribution in [0.15, 0.2) is 40.6 Å². The van der Waals surface area contributed by atoms with Gasteiger partial charge in [0.05, 0.1) is 15.6 Å². The van der Waals surface area contributed by atoms with Crippen LogP contribution >= 0.6 is 23.4 Å². The zero-order valence-electron chi connectivity index (χ0n) is 21.3. The average Bonchev–Trinajstić information content (AvgIpc) is 3.45. The number of alkyl carbamates (subject to hydrolysis) is 1. The number of piperidine rings is 1. The van der Waals surface area contributed by atoms with Crippen LogP contribution < -0.4 is 10.2 Å². The molecule has 2 aliphatic rings. The number of rotatable bonds is 4. The Morgan fingerprint density at radius 2 is 1.94 bits per heavy atom. The highest BCUT2D eigenvalue weighted by Crippen LogP contribution is 2.47. The smallest absolute Gasteiger partial charge is 0.407 e. The normalized spacial score (nSPS) is 19.7. The molecule has 10 heteroatoms. The van der Waals surface area contributed by atoms with Crippen LogP contribution in [-0.2, 0) is 4.74 Å². The van der Waals surface area contributed by atoms with E-state index in [9.17, 15) is 4.79 Å². The van der Waals surface area contributed by atoms with Gasteiger partial charge in [-0.1, -0.05) is 29.8 Å². The Labute approximate surface area is 221 Å². The van der Waals surface area contributed by atoms with Gasteiger partial charge in [0.1, 0.15) is 5.60 Å². The van der Waals surface area contributed by atoms with Gasteiger partial charge in [-0.05, 0) is 64.9 Å². The lowest BCUT2D eigenvalue weighted by molar-refractivity contribution is 0.0442. The quantitative estimate of drug-likeness (QED) is 0.451. The summed E-state index contributed by atoms with van der Waals surface area (Å²) in [4.78, 5) is 30.4. The molecule has 1 saturated heterocycles. The first-order valence-electron chi connectivity index (χ1n) is 12.5. The van der Waals surface area contributed by atoms with Gasteiger partial charge >= 0.3 is 6.09 Å². The number of aryl methyl sites for hydroxylation is 1. The molecule has 0 aromatic carbocycles. The summed E-state index contributed by atoms with van der Waals surface area (Å²) in [6.45, 7) is 9.37. The van der Waals surface area contributed by atoms with Gasteiger partial charge in [0, 0.05) is 48.8 Å².